The summed E-state index contributed by atoms with van der Waals surface area (Å²) < 4.78 is 15.2. The highest BCUT2D eigenvalue weighted by Gasteiger charge is 2.17. The minimum Gasteiger partial charge on any atom is -0.454 e. The Morgan fingerprint density at radius 1 is 1.10 bits per heavy atom. The van der Waals surface area contributed by atoms with E-state index in [2.05, 4.69) is 10.6 Å². The lowest BCUT2D eigenvalue weighted by Gasteiger charge is -2.08. The van der Waals surface area contributed by atoms with E-state index >= 15 is 0 Å². The van der Waals surface area contributed by atoms with Crippen molar-refractivity contribution in [3.05, 3.63) is 62.7 Å². The van der Waals surface area contributed by atoms with Crippen molar-refractivity contribution >= 4 is 35.1 Å². The fraction of sp³-hybridized carbons (Fsp3) is 0.211. The zero-order chi connectivity index (χ0) is 22.4. The summed E-state index contributed by atoms with van der Waals surface area (Å²) in [4.78, 5) is 45.8. The summed E-state index contributed by atoms with van der Waals surface area (Å²) in [6, 6.07) is 8.69. The Hall–Kier alpha value is -3.86. The van der Waals surface area contributed by atoms with Crippen molar-refractivity contribution in [2.75, 3.05) is 19.9 Å². The normalized spacial score (nSPS) is 11.5. The van der Waals surface area contributed by atoms with Crippen LogP contribution in [0.4, 0.5) is 5.69 Å². The molecule has 1 aliphatic rings. The SMILES string of the molecule is O=C(COC(=O)CNC(=O)c1ccc(Cl)c([N+](=O)[O-])c1)NCc1ccc2c(c1)OCO2. The molecule has 0 bridgehead atoms. The summed E-state index contributed by atoms with van der Waals surface area (Å²) in [6.45, 7) is -0.720. The summed E-state index contributed by atoms with van der Waals surface area (Å²) in [5.41, 5.74) is 0.287. The minimum atomic E-state index is -0.852. The second kappa shape index (κ2) is 9.76. The molecule has 162 valence electrons. The number of esters is 1. The summed E-state index contributed by atoms with van der Waals surface area (Å²) in [5, 5.41) is 15.6. The molecule has 0 unspecified atom stereocenters. The van der Waals surface area contributed by atoms with Crippen molar-refractivity contribution in [1.82, 2.24) is 10.6 Å². The number of rotatable bonds is 8. The molecule has 11 nitrogen and oxygen atoms in total. The molecule has 1 heterocycles. The van der Waals surface area contributed by atoms with Gasteiger partial charge < -0.3 is 24.8 Å². The van der Waals surface area contributed by atoms with Gasteiger partial charge in [0.25, 0.3) is 17.5 Å². The van der Waals surface area contributed by atoms with Gasteiger partial charge in [-0.05, 0) is 29.8 Å². The third-order valence-corrected chi connectivity index (χ3v) is 4.41. The van der Waals surface area contributed by atoms with Gasteiger partial charge >= 0.3 is 5.97 Å². The lowest BCUT2D eigenvalue weighted by Crippen LogP contribution is -2.33. The van der Waals surface area contributed by atoms with E-state index in [1.165, 1.54) is 12.1 Å². The maximum Gasteiger partial charge on any atom is 0.325 e. The van der Waals surface area contributed by atoms with Gasteiger partial charge in [0.1, 0.15) is 11.6 Å². The van der Waals surface area contributed by atoms with Crippen LogP contribution < -0.4 is 20.1 Å². The number of hydrogen-bond acceptors (Lipinski definition) is 8. The topological polar surface area (TPSA) is 146 Å². The zero-order valence-electron chi connectivity index (χ0n) is 15.9. The van der Waals surface area contributed by atoms with E-state index in [-0.39, 0.29) is 23.9 Å². The number of benzene rings is 2. The largest absolute Gasteiger partial charge is 0.454 e. The van der Waals surface area contributed by atoms with Crippen LogP contribution in [0, 0.1) is 10.1 Å². The van der Waals surface area contributed by atoms with Gasteiger partial charge in [-0.2, -0.15) is 0 Å². The van der Waals surface area contributed by atoms with Crippen LogP contribution in [0.2, 0.25) is 5.02 Å². The molecule has 3 rings (SSSR count). The van der Waals surface area contributed by atoms with Crippen LogP contribution in [0.1, 0.15) is 15.9 Å². The molecular formula is C19H16ClN3O8. The van der Waals surface area contributed by atoms with Crippen LogP contribution in [-0.2, 0) is 20.9 Å². The number of carbonyl (C=O) groups is 3. The predicted octanol–water partition coefficient (Wildman–Crippen LogP) is 1.57. The van der Waals surface area contributed by atoms with Crippen LogP contribution in [-0.4, -0.2) is 42.7 Å². The van der Waals surface area contributed by atoms with Crippen molar-refractivity contribution in [3.8, 4) is 11.5 Å². The monoisotopic (exact) mass is 449 g/mol. The third kappa shape index (κ3) is 5.82. The summed E-state index contributed by atoms with van der Waals surface area (Å²) in [5.74, 6) is -0.913. The van der Waals surface area contributed by atoms with E-state index < -0.39 is 41.5 Å². The number of nitrogens with one attached hydrogen (secondary N) is 2. The lowest BCUT2D eigenvalue weighted by atomic mass is 10.2. The molecule has 0 radical (unpaired) electrons. The lowest BCUT2D eigenvalue weighted by molar-refractivity contribution is -0.384. The second-order valence-electron chi connectivity index (χ2n) is 6.23. The third-order valence-electron chi connectivity index (χ3n) is 4.09. The first-order valence-electron chi connectivity index (χ1n) is 8.86. The molecule has 0 aromatic heterocycles. The molecule has 0 saturated carbocycles. The van der Waals surface area contributed by atoms with Crippen LogP contribution in [0.3, 0.4) is 0 Å². The number of nitrogens with zero attached hydrogens (tertiary/aromatic N) is 1. The molecule has 2 N–H and O–H groups in total. The molecule has 0 saturated heterocycles. The molecular weight excluding hydrogens is 434 g/mol. The first kappa shape index (κ1) is 21.8. The van der Waals surface area contributed by atoms with E-state index in [0.29, 0.717) is 11.5 Å². The Kier molecular flexibility index (Phi) is 6.88. The molecule has 2 amide bonds. The predicted molar refractivity (Wildman–Crippen MR) is 106 cm³/mol. The van der Waals surface area contributed by atoms with E-state index in [4.69, 9.17) is 25.8 Å². The average Bonchev–Trinajstić information content (AvgIpc) is 3.22. The van der Waals surface area contributed by atoms with E-state index in [1.807, 2.05) is 0 Å². The Balaban J connectivity index is 1.39. The van der Waals surface area contributed by atoms with Crippen LogP contribution in [0.25, 0.3) is 0 Å². The zero-order valence-corrected chi connectivity index (χ0v) is 16.6. The Labute approximate surface area is 180 Å². The second-order valence-corrected chi connectivity index (χ2v) is 6.64. The number of ether oxygens (including phenoxy) is 3. The smallest absolute Gasteiger partial charge is 0.325 e. The fourth-order valence-corrected chi connectivity index (χ4v) is 2.73. The van der Waals surface area contributed by atoms with Gasteiger partial charge in [-0.3, -0.25) is 24.5 Å². The van der Waals surface area contributed by atoms with Gasteiger partial charge in [-0.15, -0.1) is 0 Å². The number of amides is 2. The van der Waals surface area contributed by atoms with Crippen molar-refractivity contribution in [2.45, 2.75) is 6.54 Å². The molecule has 0 fully saturated rings. The number of hydrogen-bond donors (Lipinski definition) is 2. The van der Waals surface area contributed by atoms with Crippen LogP contribution in [0.5, 0.6) is 11.5 Å². The molecule has 1 aliphatic heterocycles. The van der Waals surface area contributed by atoms with Crippen LogP contribution >= 0.6 is 11.6 Å². The first-order valence-corrected chi connectivity index (χ1v) is 9.24. The van der Waals surface area contributed by atoms with Crippen LogP contribution in [0.15, 0.2) is 36.4 Å². The Bertz CT molecular complexity index is 1040. The highest BCUT2D eigenvalue weighted by atomic mass is 35.5. The molecule has 2 aromatic carbocycles. The highest BCUT2D eigenvalue weighted by Crippen LogP contribution is 2.32. The molecule has 12 heteroatoms. The molecule has 0 aliphatic carbocycles. The molecule has 31 heavy (non-hydrogen) atoms. The Morgan fingerprint density at radius 3 is 2.65 bits per heavy atom. The first-order chi connectivity index (χ1) is 14.8. The van der Waals surface area contributed by atoms with Gasteiger partial charge in [0.15, 0.2) is 18.1 Å². The van der Waals surface area contributed by atoms with Gasteiger partial charge in [0, 0.05) is 18.2 Å². The van der Waals surface area contributed by atoms with Crippen molar-refractivity contribution in [2.24, 2.45) is 0 Å². The summed E-state index contributed by atoms with van der Waals surface area (Å²) >= 11 is 5.69. The molecule has 0 spiro atoms. The van der Waals surface area contributed by atoms with E-state index in [0.717, 1.165) is 11.6 Å². The van der Waals surface area contributed by atoms with E-state index in [1.54, 1.807) is 18.2 Å². The number of halogens is 1. The van der Waals surface area contributed by atoms with Crippen molar-refractivity contribution < 1.29 is 33.5 Å². The number of nitro benzene ring substituents is 1. The quantitative estimate of drug-likeness (QED) is 0.350. The fourth-order valence-electron chi connectivity index (χ4n) is 2.55. The highest BCUT2D eigenvalue weighted by molar-refractivity contribution is 6.32. The van der Waals surface area contributed by atoms with Gasteiger partial charge in [-0.1, -0.05) is 17.7 Å². The molecule has 0 atom stereocenters. The maximum atomic E-state index is 12.0. The number of carbonyl (C=O) groups excluding carboxylic acids is 3. The minimum absolute atomic E-state index is 0.0506. The maximum absolute atomic E-state index is 12.0. The summed E-state index contributed by atoms with van der Waals surface area (Å²) in [6.07, 6.45) is 0. The number of nitro groups is 1. The van der Waals surface area contributed by atoms with Crippen molar-refractivity contribution in [1.29, 1.82) is 0 Å². The average molecular weight is 450 g/mol. The standard InChI is InChI=1S/C19H16ClN3O8/c20-13-3-2-12(6-14(13)23(27)28)19(26)22-8-18(25)29-9-17(24)21-7-11-1-4-15-16(5-11)31-10-30-15/h1-6H,7-10H2,(H,21,24)(H,22,26). The van der Waals surface area contributed by atoms with Gasteiger partial charge in [-0.25, -0.2) is 0 Å². The van der Waals surface area contributed by atoms with Crippen molar-refractivity contribution in [3.63, 3.8) is 0 Å². The van der Waals surface area contributed by atoms with Gasteiger partial charge in [0.2, 0.25) is 6.79 Å². The Morgan fingerprint density at radius 2 is 1.87 bits per heavy atom. The van der Waals surface area contributed by atoms with Gasteiger partial charge in [0.05, 0.1) is 4.92 Å². The molecule has 2 aromatic rings. The van der Waals surface area contributed by atoms with E-state index in [9.17, 15) is 24.5 Å². The number of fused-ring (bicyclic) bond motifs is 1. The summed E-state index contributed by atoms with van der Waals surface area (Å²) in [7, 11) is 0.